The lowest BCUT2D eigenvalue weighted by atomic mass is 10.2. The summed E-state index contributed by atoms with van der Waals surface area (Å²) in [5.74, 6) is 0.577. The van der Waals surface area contributed by atoms with Crippen LogP contribution in [0.3, 0.4) is 0 Å². The van der Waals surface area contributed by atoms with Gasteiger partial charge in [0.2, 0.25) is 11.8 Å². The molecule has 3 rings (SSSR count). The number of amides is 2. The van der Waals surface area contributed by atoms with Crippen LogP contribution < -0.4 is 20.1 Å². The van der Waals surface area contributed by atoms with E-state index in [0.717, 1.165) is 4.47 Å². The number of nitrogens with zero attached hydrogens (tertiary/aromatic N) is 1. The molecule has 0 fully saturated rings. The Morgan fingerprint density at radius 3 is 2.48 bits per heavy atom. The molecule has 0 bridgehead atoms. The van der Waals surface area contributed by atoms with Crippen molar-refractivity contribution < 1.29 is 19.1 Å². The molecule has 148 valence electrons. The third-order valence-corrected chi connectivity index (χ3v) is 4.34. The van der Waals surface area contributed by atoms with Crippen molar-refractivity contribution in [2.45, 2.75) is 6.92 Å². The molecule has 0 atom stereocenters. The maximum atomic E-state index is 12.8. The molecule has 0 aliphatic rings. The van der Waals surface area contributed by atoms with Gasteiger partial charge in [-0.15, -0.1) is 0 Å². The van der Waals surface area contributed by atoms with E-state index in [1.807, 2.05) is 12.1 Å². The number of pyridine rings is 1. The number of nitrogens with one attached hydrogen (secondary N) is 2. The number of carbonyl (C=O) groups is 2. The van der Waals surface area contributed by atoms with Gasteiger partial charge in [0.05, 0.1) is 12.8 Å². The van der Waals surface area contributed by atoms with Crippen LogP contribution in [0.2, 0.25) is 0 Å². The zero-order valence-corrected chi connectivity index (χ0v) is 17.3. The van der Waals surface area contributed by atoms with Crippen LogP contribution in [0.15, 0.2) is 65.3 Å². The molecule has 1 aromatic heterocycles. The highest BCUT2D eigenvalue weighted by molar-refractivity contribution is 9.10. The van der Waals surface area contributed by atoms with Crippen molar-refractivity contribution in [3.63, 3.8) is 0 Å². The summed E-state index contributed by atoms with van der Waals surface area (Å²) >= 11 is 3.37. The van der Waals surface area contributed by atoms with E-state index in [9.17, 15) is 9.59 Å². The number of anilines is 2. The van der Waals surface area contributed by atoms with Gasteiger partial charge in [-0.05, 0) is 54.6 Å². The fraction of sp³-hybridized carbons (Fsp3) is 0.0952. The molecule has 0 aliphatic heterocycles. The van der Waals surface area contributed by atoms with Crippen LogP contribution in [0.25, 0.3) is 0 Å². The summed E-state index contributed by atoms with van der Waals surface area (Å²) in [7, 11) is 1.50. The number of rotatable bonds is 6. The molecule has 1 heterocycles. The minimum Gasteiger partial charge on any atom is -0.495 e. The molecule has 2 aromatic carbocycles. The molecule has 29 heavy (non-hydrogen) atoms. The number of ether oxygens (including phenoxy) is 2. The number of aromatic nitrogens is 1. The summed E-state index contributed by atoms with van der Waals surface area (Å²) in [6, 6.07) is 15.4. The van der Waals surface area contributed by atoms with Gasteiger partial charge in [0.1, 0.15) is 17.1 Å². The summed E-state index contributed by atoms with van der Waals surface area (Å²) < 4.78 is 11.9. The predicted molar refractivity (Wildman–Crippen MR) is 114 cm³/mol. The average Bonchev–Trinajstić information content (AvgIpc) is 2.70. The summed E-state index contributed by atoms with van der Waals surface area (Å²) in [5.41, 5.74) is 1.21. The summed E-state index contributed by atoms with van der Waals surface area (Å²) in [4.78, 5) is 28.4. The van der Waals surface area contributed by atoms with Gasteiger partial charge in [-0.2, -0.15) is 0 Å². The molecule has 0 saturated carbocycles. The summed E-state index contributed by atoms with van der Waals surface area (Å²) in [5, 5.41) is 5.46. The van der Waals surface area contributed by atoms with Gasteiger partial charge in [-0.25, -0.2) is 4.98 Å². The minimum atomic E-state index is -0.399. The Morgan fingerprint density at radius 1 is 1.03 bits per heavy atom. The maximum Gasteiger partial charge on any atom is 0.261 e. The fourth-order valence-electron chi connectivity index (χ4n) is 2.53. The average molecular weight is 456 g/mol. The van der Waals surface area contributed by atoms with Gasteiger partial charge in [-0.1, -0.05) is 15.9 Å². The highest BCUT2D eigenvalue weighted by Crippen LogP contribution is 2.29. The zero-order chi connectivity index (χ0) is 20.8. The molecular weight excluding hydrogens is 438 g/mol. The number of carbonyl (C=O) groups excluding carboxylic acids is 2. The summed E-state index contributed by atoms with van der Waals surface area (Å²) in [6.45, 7) is 1.39. The van der Waals surface area contributed by atoms with Crippen LogP contribution in [0, 0.1) is 0 Å². The molecule has 0 spiro atoms. The van der Waals surface area contributed by atoms with Crippen LogP contribution >= 0.6 is 15.9 Å². The monoisotopic (exact) mass is 455 g/mol. The SMILES string of the molecule is COc1ccc(NC(=O)c2cccnc2Oc2ccc(Br)cc2)cc1NC(C)=O. The van der Waals surface area contributed by atoms with Crippen LogP contribution in [-0.4, -0.2) is 23.9 Å². The second-order valence-corrected chi connectivity index (χ2v) is 6.88. The van der Waals surface area contributed by atoms with E-state index in [0.29, 0.717) is 22.9 Å². The van der Waals surface area contributed by atoms with E-state index >= 15 is 0 Å². The van der Waals surface area contributed by atoms with Gasteiger partial charge in [0.15, 0.2) is 0 Å². The van der Waals surface area contributed by atoms with Crippen LogP contribution in [0.5, 0.6) is 17.4 Å². The zero-order valence-electron chi connectivity index (χ0n) is 15.7. The van der Waals surface area contributed by atoms with Crippen LogP contribution in [0.4, 0.5) is 11.4 Å². The van der Waals surface area contributed by atoms with E-state index < -0.39 is 5.91 Å². The van der Waals surface area contributed by atoms with E-state index in [1.54, 1.807) is 48.7 Å². The highest BCUT2D eigenvalue weighted by atomic mass is 79.9. The molecule has 0 radical (unpaired) electrons. The molecule has 0 aliphatic carbocycles. The number of hydrogen-bond donors (Lipinski definition) is 2. The first kappa shape index (κ1) is 20.3. The second kappa shape index (κ2) is 9.20. The highest BCUT2D eigenvalue weighted by Gasteiger charge is 2.16. The first-order valence-corrected chi connectivity index (χ1v) is 9.41. The van der Waals surface area contributed by atoms with Crippen molar-refractivity contribution in [1.29, 1.82) is 0 Å². The maximum absolute atomic E-state index is 12.8. The van der Waals surface area contributed by atoms with Gasteiger partial charge < -0.3 is 20.1 Å². The Labute approximate surface area is 176 Å². The molecule has 3 aromatic rings. The second-order valence-electron chi connectivity index (χ2n) is 5.96. The molecule has 7 nitrogen and oxygen atoms in total. The summed E-state index contributed by atoms with van der Waals surface area (Å²) in [6.07, 6.45) is 1.55. The lowest BCUT2D eigenvalue weighted by molar-refractivity contribution is -0.114. The number of halogens is 1. The van der Waals surface area contributed by atoms with E-state index in [-0.39, 0.29) is 17.4 Å². The molecule has 2 amide bonds. The number of methoxy groups -OCH3 is 1. The van der Waals surface area contributed by atoms with Crippen molar-refractivity contribution in [3.05, 3.63) is 70.8 Å². The Hall–Kier alpha value is -3.39. The first-order valence-electron chi connectivity index (χ1n) is 8.61. The lowest BCUT2D eigenvalue weighted by Gasteiger charge is -2.13. The molecule has 0 saturated heterocycles. The Bertz CT molecular complexity index is 1040. The first-order chi connectivity index (χ1) is 14.0. The van der Waals surface area contributed by atoms with Crippen molar-refractivity contribution >= 4 is 39.1 Å². The van der Waals surface area contributed by atoms with Crippen molar-refractivity contribution in [1.82, 2.24) is 4.98 Å². The van der Waals surface area contributed by atoms with Crippen molar-refractivity contribution in [2.24, 2.45) is 0 Å². The normalized spacial score (nSPS) is 10.2. The minimum absolute atomic E-state index is 0.183. The number of benzene rings is 2. The smallest absolute Gasteiger partial charge is 0.261 e. The van der Waals surface area contributed by atoms with E-state index in [2.05, 4.69) is 31.5 Å². The van der Waals surface area contributed by atoms with Crippen molar-refractivity contribution in [2.75, 3.05) is 17.7 Å². The topological polar surface area (TPSA) is 89.6 Å². The Balaban J connectivity index is 1.82. The van der Waals surface area contributed by atoms with Crippen LogP contribution in [-0.2, 0) is 4.79 Å². The third kappa shape index (κ3) is 5.32. The van der Waals surface area contributed by atoms with Gasteiger partial charge in [-0.3, -0.25) is 9.59 Å². The van der Waals surface area contributed by atoms with E-state index in [4.69, 9.17) is 9.47 Å². The lowest BCUT2D eigenvalue weighted by Crippen LogP contribution is -2.14. The fourth-order valence-corrected chi connectivity index (χ4v) is 2.80. The largest absolute Gasteiger partial charge is 0.495 e. The molecular formula is C21H18BrN3O4. The molecule has 2 N–H and O–H groups in total. The van der Waals surface area contributed by atoms with Gasteiger partial charge in [0, 0.05) is 23.3 Å². The molecule has 8 heteroatoms. The Morgan fingerprint density at radius 2 is 1.79 bits per heavy atom. The Kier molecular flexibility index (Phi) is 6.46. The third-order valence-electron chi connectivity index (χ3n) is 3.81. The molecule has 0 unspecified atom stereocenters. The predicted octanol–water partition coefficient (Wildman–Crippen LogP) is 4.86. The van der Waals surface area contributed by atoms with Crippen LogP contribution in [0.1, 0.15) is 17.3 Å². The standard InChI is InChI=1S/C21H18BrN3O4/c1-13(26)24-18-12-15(7-10-19(18)28-2)25-20(27)17-4-3-11-23-21(17)29-16-8-5-14(22)6-9-16/h3-12H,1-2H3,(H,24,26)(H,25,27). The number of hydrogen-bond acceptors (Lipinski definition) is 5. The van der Waals surface area contributed by atoms with Gasteiger partial charge >= 0.3 is 0 Å². The van der Waals surface area contributed by atoms with E-state index in [1.165, 1.54) is 14.0 Å². The van der Waals surface area contributed by atoms with Gasteiger partial charge in [0.25, 0.3) is 5.91 Å². The van der Waals surface area contributed by atoms with Crippen molar-refractivity contribution in [3.8, 4) is 17.4 Å². The quantitative estimate of drug-likeness (QED) is 0.553.